The fourth-order valence-electron chi connectivity index (χ4n) is 4.84. The van der Waals surface area contributed by atoms with Gasteiger partial charge in [0.1, 0.15) is 5.57 Å². The second-order valence-corrected chi connectivity index (χ2v) is 9.99. The van der Waals surface area contributed by atoms with Crippen molar-refractivity contribution in [3.05, 3.63) is 137 Å². The summed E-state index contributed by atoms with van der Waals surface area (Å²) < 4.78 is 2.16. The molecule has 1 aliphatic heterocycles. The molecule has 1 aromatic heterocycles. The number of para-hydroxylation sites is 1. The number of hydrogen-bond acceptors (Lipinski definition) is 3. The molecule has 1 fully saturated rings. The van der Waals surface area contributed by atoms with Crippen molar-refractivity contribution >= 4 is 52.5 Å². The average Bonchev–Trinajstić information content (AvgIpc) is 3.37. The number of halogens is 1. The van der Waals surface area contributed by atoms with Crippen LogP contribution in [0.1, 0.15) is 5.56 Å². The summed E-state index contributed by atoms with van der Waals surface area (Å²) in [5.41, 5.74) is 5.87. The van der Waals surface area contributed by atoms with E-state index in [0.717, 1.165) is 33.8 Å². The molecule has 0 aliphatic carbocycles. The number of carbonyl (C=O) groups excluding carboxylic acids is 2. The van der Waals surface area contributed by atoms with E-state index >= 15 is 0 Å². The number of amides is 2. The lowest BCUT2D eigenvalue weighted by Gasteiger charge is -2.29. The molecule has 0 spiro atoms. The number of thiocarbonyl (C=S) groups is 1. The molecule has 2 amide bonds. The van der Waals surface area contributed by atoms with E-state index in [2.05, 4.69) is 9.88 Å². The molecule has 1 saturated heterocycles. The standard InChI is InChI=1S/C33H22ClN3O2S/c34-25-16-18-27(19-17-25)37-32(39)28(31(38)35-33(37)40)20-24-21-29(22-10-4-1-5-11-22)36(26-14-8-3-9-15-26)30(24)23-12-6-2-7-13-23/h1-21H,(H,35,38,40)/b28-20-. The Morgan fingerprint density at radius 2 is 1.27 bits per heavy atom. The van der Waals surface area contributed by atoms with Crippen LogP contribution in [-0.4, -0.2) is 21.5 Å². The predicted molar refractivity (Wildman–Crippen MR) is 164 cm³/mol. The van der Waals surface area contributed by atoms with E-state index in [9.17, 15) is 9.59 Å². The molecule has 194 valence electrons. The summed E-state index contributed by atoms with van der Waals surface area (Å²) in [5, 5.41) is 3.22. The topological polar surface area (TPSA) is 54.3 Å². The van der Waals surface area contributed by atoms with Crippen LogP contribution >= 0.6 is 23.8 Å². The number of benzene rings is 4. The Kier molecular flexibility index (Phi) is 6.86. The van der Waals surface area contributed by atoms with Crippen molar-refractivity contribution in [3.63, 3.8) is 0 Å². The Morgan fingerprint density at radius 3 is 1.90 bits per heavy atom. The molecule has 1 aliphatic rings. The van der Waals surface area contributed by atoms with Gasteiger partial charge in [0.05, 0.1) is 17.1 Å². The number of carbonyl (C=O) groups is 2. The molecular weight excluding hydrogens is 538 g/mol. The molecule has 0 atom stereocenters. The van der Waals surface area contributed by atoms with Crippen LogP contribution in [0.2, 0.25) is 5.02 Å². The van der Waals surface area contributed by atoms with Crippen molar-refractivity contribution in [2.24, 2.45) is 0 Å². The van der Waals surface area contributed by atoms with E-state index in [1.54, 1.807) is 30.3 Å². The zero-order chi connectivity index (χ0) is 27.6. The van der Waals surface area contributed by atoms with E-state index < -0.39 is 11.8 Å². The van der Waals surface area contributed by atoms with Gasteiger partial charge in [-0.1, -0.05) is 90.5 Å². The molecule has 0 unspecified atom stereocenters. The fourth-order valence-corrected chi connectivity index (χ4v) is 5.24. The van der Waals surface area contributed by atoms with Gasteiger partial charge in [-0.25, -0.2) is 0 Å². The predicted octanol–water partition coefficient (Wildman–Crippen LogP) is 7.30. The minimum absolute atomic E-state index is 0.0181. The van der Waals surface area contributed by atoms with Crippen LogP contribution in [0.5, 0.6) is 0 Å². The minimum Gasteiger partial charge on any atom is -0.309 e. The van der Waals surface area contributed by atoms with Crippen LogP contribution in [0.15, 0.2) is 127 Å². The van der Waals surface area contributed by atoms with Crippen LogP contribution in [0.3, 0.4) is 0 Å². The zero-order valence-electron chi connectivity index (χ0n) is 21.1. The van der Waals surface area contributed by atoms with Crippen molar-refractivity contribution in [2.75, 3.05) is 4.90 Å². The highest BCUT2D eigenvalue weighted by atomic mass is 35.5. The van der Waals surface area contributed by atoms with E-state index in [1.165, 1.54) is 4.90 Å². The lowest BCUT2D eigenvalue weighted by Crippen LogP contribution is -2.54. The molecule has 7 heteroatoms. The first-order chi connectivity index (χ1) is 19.5. The maximum atomic E-state index is 13.8. The minimum atomic E-state index is -0.548. The number of hydrogen-bond donors (Lipinski definition) is 1. The Bertz CT molecular complexity index is 1760. The van der Waals surface area contributed by atoms with Crippen molar-refractivity contribution in [1.82, 2.24) is 9.88 Å². The molecule has 1 N–H and O–H groups in total. The third kappa shape index (κ3) is 4.75. The fraction of sp³-hybridized carbons (Fsp3) is 0. The quantitative estimate of drug-likeness (QED) is 0.140. The van der Waals surface area contributed by atoms with Gasteiger partial charge < -0.3 is 4.57 Å². The van der Waals surface area contributed by atoms with E-state index in [1.807, 2.05) is 97.1 Å². The molecule has 6 rings (SSSR count). The SMILES string of the molecule is O=C1NC(=S)N(c2ccc(Cl)cc2)C(=O)/C1=C\c1cc(-c2ccccc2)n(-c2ccccc2)c1-c1ccccc1. The Labute approximate surface area is 242 Å². The summed E-state index contributed by atoms with van der Waals surface area (Å²) in [6, 6.07) is 38.7. The van der Waals surface area contributed by atoms with Gasteiger partial charge in [-0.15, -0.1) is 0 Å². The first-order valence-electron chi connectivity index (χ1n) is 12.6. The molecule has 40 heavy (non-hydrogen) atoms. The lowest BCUT2D eigenvalue weighted by atomic mass is 10.0. The van der Waals surface area contributed by atoms with E-state index in [0.29, 0.717) is 10.7 Å². The van der Waals surface area contributed by atoms with Crippen molar-refractivity contribution < 1.29 is 9.59 Å². The lowest BCUT2D eigenvalue weighted by molar-refractivity contribution is -0.122. The number of nitrogens with zero attached hydrogens (tertiary/aromatic N) is 2. The summed E-state index contributed by atoms with van der Waals surface area (Å²) >= 11 is 11.4. The molecule has 0 bridgehead atoms. The van der Waals surface area contributed by atoms with Gasteiger partial charge in [-0.2, -0.15) is 0 Å². The van der Waals surface area contributed by atoms with Crippen LogP contribution in [0.25, 0.3) is 34.3 Å². The number of aromatic nitrogens is 1. The smallest absolute Gasteiger partial charge is 0.270 e. The second-order valence-electron chi connectivity index (χ2n) is 9.17. The van der Waals surface area contributed by atoms with Gasteiger partial charge in [-0.3, -0.25) is 19.8 Å². The van der Waals surface area contributed by atoms with Crippen LogP contribution < -0.4 is 10.2 Å². The molecule has 5 nitrogen and oxygen atoms in total. The molecule has 0 saturated carbocycles. The third-order valence-electron chi connectivity index (χ3n) is 6.65. The molecule has 5 aromatic rings. The second kappa shape index (κ2) is 10.8. The van der Waals surface area contributed by atoms with E-state index in [-0.39, 0.29) is 10.7 Å². The largest absolute Gasteiger partial charge is 0.309 e. The number of nitrogens with one attached hydrogen (secondary N) is 1. The highest BCUT2D eigenvalue weighted by Gasteiger charge is 2.35. The molecule has 2 heterocycles. The van der Waals surface area contributed by atoms with Gasteiger partial charge in [0.15, 0.2) is 5.11 Å². The normalized spacial score (nSPS) is 14.5. The van der Waals surface area contributed by atoms with Gasteiger partial charge in [0.2, 0.25) is 0 Å². The van der Waals surface area contributed by atoms with Gasteiger partial charge in [0.25, 0.3) is 11.8 Å². The number of rotatable bonds is 5. The van der Waals surface area contributed by atoms with Crippen LogP contribution in [0, 0.1) is 0 Å². The monoisotopic (exact) mass is 559 g/mol. The number of anilines is 1. The Balaban J connectivity index is 1.59. The summed E-state index contributed by atoms with van der Waals surface area (Å²) in [4.78, 5) is 28.3. The summed E-state index contributed by atoms with van der Waals surface area (Å²) in [6.07, 6.45) is 1.65. The molecule has 0 radical (unpaired) electrons. The van der Waals surface area contributed by atoms with Crippen LogP contribution in [0.4, 0.5) is 5.69 Å². The highest BCUT2D eigenvalue weighted by molar-refractivity contribution is 7.80. The van der Waals surface area contributed by atoms with Crippen molar-refractivity contribution in [3.8, 4) is 28.2 Å². The summed E-state index contributed by atoms with van der Waals surface area (Å²) in [6.45, 7) is 0. The van der Waals surface area contributed by atoms with Crippen molar-refractivity contribution in [2.45, 2.75) is 0 Å². The average molecular weight is 560 g/mol. The van der Waals surface area contributed by atoms with Crippen molar-refractivity contribution in [1.29, 1.82) is 0 Å². The highest BCUT2D eigenvalue weighted by Crippen LogP contribution is 2.37. The zero-order valence-corrected chi connectivity index (χ0v) is 22.7. The summed E-state index contributed by atoms with van der Waals surface area (Å²) in [7, 11) is 0. The Morgan fingerprint density at radius 1 is 0.700 bits per heavy atom. The maximum Gasteiger partial charge on any atom is 0.270 e. The first-order valence-corrected chi connectivity index (χ1v) is 13.4. The van der Waals surface area contributed by atoms with E-state index in [4.69, 9.17) is 23.8 Å². The van der Waals surface area contributed by atoms with Gasteiger partial charge >= 0.3 is 0 Å². The molecule has 4 aromatic carbocycles. The molecular formula is C33H22ClN3O2S. The third-order valence-corrected chi connectivity index (χ3v) is 7.18. The van der Waals surface area contributed by atoms with Crippen LogP contribution in [-0.2, 0) is 9.59 Å². The summed E-state index contributed by atoms with van der Waals surface area (Å²) in [5.74, 6) is -1.06. The first kappa shape index (κ1) is 25.5. The Hall–Kier alpha value is -4.78. The van der Waals surface area contributed by atoms with Gasteiger partial charge in [-0.05, 0) is 71.9 Å². The van der Waals surface area contributed by atoms with Gasteiger partial charge in [0, 0.05) is 16.3 Å². The maximum absolute atomic E-state index is 13.8.